The van der Waals surface area contributed by atoms with Gasteiger partial charge in [0.05, 0.1) is 5.92 Å². The van der Waals surface area contributed by atoms with Gasteiger partial charge in [-0.1, -0.05) is 6.92 Å². The van der Waals surface area contributed by atoms with E-state index >= 15 is 0 Å². The zero-order valence-electron chi connectivity index (χ0n) is 9.05. The number of pyridine rings is 1. The van der Waals surface area contributed by atoms with Gasteiger partial charge in [-0.15, -0.1) is 0 Å². The second kappa shape index (κ2) is 5.46. The fourth-order valence-corrected chi connectivity index (χ4v) is 1.41. The lowest BCUT2D eigenvalue weighted by molar-refractivity contribution is -0.141. The van der Waals surface area contributed by atoms with E-state index in [1.54, 1.807) is 19.3 Å². The van der Waals surface area contributed by atoms with Crippen molar-refractivity contribution in [2.24, 2.45) is 5.92 Å². The van der Waals surface area contributed by atoms with Gasteiger partial charge in [-0.05, 0) is 24.7 Å². The molecule has 1 N–H and O–H groups in total. The Bertz CT molecular complexity index is 314. The lowest BCUT2D eigenvalue weighted by atomic mass is 10.1. The number of carboxylic acid groups (broad SMARTS) is 1. The van der Waals surface area contributed by atoms with Crippen LogP contribution in [0.15, 0.2) is 24.5 Å². The van der Waals surface area contributed by atoms with Crippen molar-refractivity contribution in [3.05, 3.63) is 30.1 Å². The van der Waals surface area contributed by atoms with Gasteiger partial charge < -0.3 is 10.0 Å². The van der Waals surface area contributed by atoms with Crippen LogP contribution >= 0.6 is 0 Å². The molecule has 4 heteroatoms. The molecule has 1 aromatic rings. The summed E-state index contributed by atoms with van der Waals surface area (Å²) in [7, 11) is 1.92. The molecular weight excluding hydrogens is 192 g/mol. The fraction of sp³-hybridized carbons (Fsp3) is 0.455. The highest BCUT2D eigenvalue weighted by Crippen LogP contribution is 2.04. The van der Waals surface area contributed by atoms with Crippen LogP contribution in [0.25, 0.3) is 0 Å². The van der Waals surface area contributed by atoms with Gasteiger partial charge in [0, 0.05) is 25.5 Å². The monoisotopic (exact) mass is 208 g/mol. The molecule has 0 saturated heterocycles. The zero-order chi connectivity index (χ0) is 11.3. The van der Waals surface area contributed by atoms with Gasteiger partial charge in [-0.25, -0.2) is 0 Å². The molecule has 1 aromatic heterocycles. The topological polar surface area (TPSA) is 53.4 Å². The quantitative estimate of drug-likeness (QED) is 0.790. The largest absolute Gasteiger partial charge is 0.481 e. The molecule has 4 nitrogen and oxygen atoms in total. The minimum Gasteiger partial charge on any atom is -0.481 e. The van der Waals surface area contributed by atoms with E-state index in [-0.39, 0.29) is 5.92 Å². The number of carboxylic acids is 1. The molecule has 0 amide bonds. The average Bonchev–Trinajstić information content (AvgIpc) is 2.18. The van der Waals surface area contributed by atoms with Crippen LogP contribution in [0, 0.1) is 5.92 Å². The zero-order valence-corrected chi connectivity index (χ0v) is 9.05. The van der Waals surface area contributed by atoms with Crippen molar-refractivity contribution in [2.75, 3.05) is 13.6 Å². The lowest BCUT2D eigenvalue weighted by Crippen LogP contribution is -2.28. The second-order valence-electron chi connectivity index (χ2n) is 3.79. The number of rotatable bonds is 5. The van der Waals surface area contributed by atoms with Crippen LogP contribution in [-0.2, 0) is 11.3 Å². The summed E-state index contributed by atoms with van der Waals surface area (Å²) in [5, 5.41) is 8.76. The number of carbonyl (C=O) groups is 1. The second-order valence-corrected chi connectivity index (χ2v) is 3.79. The minimum absolute atomic E-state index is 0.336. The van der Waals surface area contributed by atoms with Gasteiger partial charge in [0.1, 0.15) is 0 Å². The van der Waals surface area contributed by atoms with Gasteiger partial charge in [-0.2, -0.15) is 0 Å². The Labute approximate surface area is 89.6 Å². The summed E-state index contributed by atoms with van der Waals surface area (Å²) < 4.78 is 0. The van der Waals surface area contributed by atoms with Gasteiger partial charge >= 0.3 is 5.97 Å². The van der Waals surface area contributed by atoms with Gasteiger partial charge in [-0.3, -0.25) is 9.78 Å². The maximum atomic E-state index is 10.7. The van der Waals surface area contributed by atoms with Crippen molar-refractivity contribution in [3.63, 3.8) is 0 Å². The van der Waals surface area contributed by atoms with Crippen LogP contribution in [0.4, 0.5) is 0 Å². The van der Waals surface area contributed by atoms with Gasteiger partial charge in [0.15, 0.2) is 0 Å². The molecule has 0 saturated carbocycles. The summed E-state index contributed by atoms with van der Waals surface area (Å²) in [4.78, 5) is 16.6. The normalized spacial score (nSPS) is 12.7. The summed E-state index contributed by atoms with van der Waals surface area (Å²) >= 11 is 0. The Morgan fingerprint density at radius 1 is 1.53 bits per heavy atom. The minimum atomic E-state index is -0.753. The van der Waals surface area contributed by atoms with Crippen LogP contribution in [-0.4, -0.2) is 34.6 Å². The third kappa shape index (κ3) is 4.08. The first-order valence-corrected chi connectivity index (χ1v) is 4.90. The van der Waals surface area contributed by atoms with Crippen LogP contribution in [0.5, 0.6) is 0 Å². The first-order valence-electron chi connectivity index (χ1n) is 4.90. The Morgan fingerprint density at radius 2 is 2.13 bits per heavy atom. The molecule has 0 fully saturated rings. The average molecular weight is 208 g/mol. The lowest BCUT2D eigenvalue weighted by Gasteiger charge is -2.18. The highest BCUT2D eigenvalue weighted by molar-refractivity contribution is 5.69. The van der Waals surface area contributed by atoms with Crippen molar-refractivity contribution in [1.29, 1.82) is 0 Å². The van der Waals surface area contributed by atoms with E-state index < -0.39 is 5.97 Å². The molecule has 0 spiro atoms. The van der Waals surface area contributed by atoms with Crippen LogP contribution in [0.2, 0.25) is 0 Å². The molecular formula is C11H16N2O2. The van der Waals surface area contributed by atoms with E-state index in [4.69, 9.17) is 5.11 Å². The van der Waals surface area contributed by atoms with E-state index in [9.17, 15) is 4.79 Å². The third-order valence-electron chi connectivity index (χ3n) is 2.21. The first-order chi connectivity index (χ1) is 7.09. The standard InChI is InChI=1S/C11H16N2O2/c1-9(11(14)15)7-13(2)8-10-3-5-12-6-4-10/h3-6,9H,7-8H2,1-2H3,(H,14,15). The Kier molecular flexibility index (Phi) is 4.24. The Balaban J connectivity index is 2.43. The predicted octanol–water partition coefficient (Wildman–Crippen LogP) is 1.23. The van der Waals surface area contributed by atoms with Crippen molar-refractivity contribution >= 4 is 5.97 Å². The van der Waals surface area contributed by atoms with Crippen molar-refractivity contribution in [1.82, 2.24) is 9.88 Å². The van der Waals surface area contributed by atoms with E-state index in [1.165, 1.54) is 0 Å². The highest BCUT2D eigenvalue weighted by Gasteiger charge is 2.13. The molecule has 1 heterocycles. The maximum Gasteiger partial charge on any atom is 0.307 e. The summed E-state index contributed by atoms with van der Waals surface area (Å²) in [5.74, 6) is -1.09. The summed E-state index contributed by atoms with van der Waals surface area (Å²) in [6.07, 6.45) is 3.48. The van der Waals surface area contributed by atoms with E-state index in [0.29, 0.717) is 6.54 Å². The number of aromatic nitrogens is 1. The van der Waals surface area contributed by atoms with Crippen molar-refractivity contribution in [2.45, 2.75) is 13.5 Å². The van der Waals surface area contributed by atoms with Crippen molar-refractivity contribution in [3.8, 4) is 0 Å². The number of nitrogens with zero attached hydrogens (tertiary/aromatic N) is 2. The van der Waals surface area contributed by atoms with Crippen LogP contribution in [0.3, 0.4) is 0 Å². The molecule has 82 valence electrons. The molecule has 0 aliphatic carbocycles. The fourth-order valence-electron chi connectivity index (χ4n) is 1.41. The first kappa shape index (κ1) is 11.7. The Morgan fingerprint density at radius 3 is 2.67 bits per heavy atom. The van der Waals surface area contributed by atoms with E-state index in [1.807, 2.05) is 24.1 Å². The number of hydrogen-bond acceptors (Lipinski definition) is 3. The number of hydrogen-bond donors (Lipinski definition) is 1. The van der Waals surface area contributed by atoms with Crippen LogP contribution < -0.4 is 0 Å². The van der Waals surface area contributed by atoms with Gasteiger partial charge in [0.2, 0.25) is 0 Å². The molecule has 0 radical (unpaired) electrons. The summed E-state index contributed by atoms with van der Waals surface area (Å²) in [6, 6.07) is 3.86. The molecule has 0 aliphatic heterocycles. The molecule has 0 aliphatic rings. The Hall–Kier alpha value is -1.42. The summed E-state index contributed by atoms with van der Waals surface area (Å²) in [6.45, 7) is 3.02. The van der Waals surface area contributed by atoms with E-state index in [0.717, 1.165) is 12.1 Å². The molecule has 15 heavy (non-hydrogen) atoms. The smallest absolute Gasteiger partial charge is 0.307 e. The predicted molar refractivity (Wildman–Crippen MR) is 57.4 cm³/mol. The molecule has 0 bridgehead atoms. The molecule has 0 aromatic carbocycles. The number of aliphatic carboxylic acids is 1. The molecule has 1 atom stereocenters. The summed E-state index contributed by atoms with van der Waals surface area (Å²) in [5.41, 5.74) is 1.14. The molecule has 1 unspecified atom stereocenters. The van der Waals surface area contributed by atoms with E-state index in [2.05, 4.69) is 4.98 Å². The third-order valence-corrected chi connectivity index (χ3v) is 2.21. The molecule has 1 rings (SSSR count). The van der Waals surface area contributed by atoms with Crippen molar-refractivity contribution < 1.29 is 9.90 Å². The van der Waals surface area contributed by atoms with Crippen LogP contribution in [0.1, 0.15) is 12.5 Å². The maximum absolute atomic E-state index is 10.7. The highest BCUT2D eigenvalue weighted by atomic mass is 16.4. The SMILES string of the molecule is CC(CN(C)Cc1ccncc1)C(=O)O. The van der Waals surface area contributed by atoms with Gasteiger partial charge in [0.25, 0.3) is 0 Å².